The average Bonchev–Trinajstić information content (AvgIpc) is 3.22. The van der Waals surface area contributed by atoms with Crippen LogP contribution in [0.5, 0.6) is 0 Å². The fraction of sp³-hybridized carbons (Fsp3) is 0.318. The Kier molecular flexibility index (Phi) is 6.49. The van der Waals surface area contributed by atoms with Crippen LogP contribution in [-0.4, -0.2) is 41.9 Å². The Hall–Kier alpha value is -3.35. The van der Waals surface area contributed by atoms with E-state index in [0.29, 0.717) is 22.5 Å². The number of carbonyl (C=O) groups excluding carboxylic acids is 3. The molecule has 0 aliphatic carbocycles. The molecule has 0 radical (unpaired) electrons. The molecule has 2 aromatic rings. The second-order valence-electron chi connectivity index (χ2n) is 7.37. The minimum Gasteiger partial charge on any atom is -0.339 e. The summed E-state index contributed by atoms with van der Waals surface area (Å²) in [4.78, 5) is 38.9. The molecule has 1 aliphatic rings. The summed E-state index contributed by atoms with van der Waals surface area (Å²) in [5, 5.41) is 8.26. The van der Waals surface area contributed by atoms with Crippen molar-refractivity contribution in [3.05, 3.63) is 59.7 Å². The molecule has 0 spiro atoms. The number of carbonyl (C=O) groups is 3. The predicted octanol–water partition coefficient (Wildman–Crippen LogP) is 3.70. The van der Waals surface area contributed by atoms with Gasteiger partial charge in [0.05, 0.1) is 0 Å². The van der Waals surface area contributed by atoms with Gasteiger partial charge in [0.25, 0.3) is 11.8 Å². The molecule has 29 heavy (non-hydrogen) atoms. The second kappa shape index (κ2) is 9.23. The Bertz CT molecular complexity index is 904. The van der Waals surface area contributed by atoms with Crippen LogP contribution in [-0.2, 0) is 0 Å². The van der Waals surface area contributed by atoms with Gasteiger partial charge in [-0.2, -0.15) is 0 Å². The van der Waals surface area contributed by atoms with Crippen LogP contribution in [0, 0.1) is 0 Å². The van der Waals surface area contributed by atoms with Crippen molar-refractivity contribution in [1.29, 1.82) is 0 Å². The van der Waals surface area contributed by atoms with Crippen molar-refractivity contribution in [2.75, 3.05) is 23.7 Å². The summed E-state index contributed by atoms with van der Waals surface area (Å²) in [5.74, 6) is -0.329. The predicted molar refractivity (Wildman–Crippen MR) is 113 cm³/mol. The summed E-state index contributed by atoms with van der Waals surface area (Å²) >= 11 is 0. The molecule has 7 heteroatoms. The first kappa shape index (κ1) is 20.4. The van der Waals surface area contributed by atoms with Crippen LogP contribution >= 0.6 is 0 Å². The molecule has 0 saturated carbocycles. The van der Waals surface area contributed by atoms with Gasteiger partial charge in [-0.3, -0.25) is 9.59 Å². The molecule has 1 fully saturated rings. The molecule has 7 nitrogen and oxygen atoms in total. The molecule has 1 aliphatic heterocycles. The van der Waals surface area contributed by atoms with Gasteiger partial charge >= 0.3 is 6.03 Å². The van der Waals surface area contributed by atoms with E-state index in [0.717, 1.165) is 25.9 Å². The van der Waals surface area contributed by atoms with Crippen molar-refractivity contribution in [3.8, 4) is 0 Å². The fourth-order valence-corrected chi connectivity index (χ4v) is 3.20. The molecule has 1 heterocycles. The van der Waals surface area contributed by atoms with Gasteiger partial charge in [0.2, 0.25) is 0 Å². The monoisotopic (exact) mass is 394 g/mol. The van der Waals surface area contributed by atoms with Crippen molar-refractivity contribution in [2.45, 2.75) is 32.7 Å². The first-order chi connectivity index (χ1) is 13.9. The quantitative estimate of drug-likeness (QED) is 0.722. The zero-order chi connectivity index (χ0) is 20.8. The standard InChI is InChI=1S/C22H26N4O3/c1-15(2)23-22(29)25-19-10-5-7-16(13-19)20(27)24-18-9-6-8-17(14-18)21(28)26-11-3-4-12-26/h5-10,13-15H,3-4,11-12H2,1-2H3,(H,24,27)(H2,23,25,29). The highest BCUT2D eigenvalue weighted by Gasteiger charge is 2.19. The molecule has 0 atom stereocenters. The Morgan fingerprint density at radius 1 is 0.862 bits per heavy atom. The van der Waals surface area contributed by atoms with E-state index in [2.05, 4.69) is 16.0 Å². The van der Waals surface area contributed by atoms with Crippen LogP contribution in [0.15, 0.2) is 48.5 Å². The maximum Gasteiger partial charge on any atom is 0.319 e. The molecule has 1 saturated heterocycles. The van der Waals surface area contributed by atoms with E-state index >= 15 is 0 Å². The van der Waals surface area contributed by atoms with Crippen molar-refractivity contribution in [1.82, 2.24) is 10.2 Å². The number of amides is 4. The van der Waals surface area contributed by atoms with Crippen LogP contribution in [0.25, 0.3) is 0 Å². The van der Waals surface area contributed by atoms with Gasteiger partial charge < -0.3 is 20.9 Å². The smallest absolute Gasteiger partial charge is 0.319 e. The van der Waals surface area contributed by atoms with Crippen LogP contribution in [0.4, 0.5) is 16.2 Å². The first-order valence-corrected chi connectivity index (χ1v) is 9.80. The van der Waals surface area contributed by atoms with E-state index in [1.807, 2.05) is 18.7 Å². The number of benzene rings is 2. The van der Waals surface area contributed by atoms with E-state index in [4.69, 9.17) is 0 Å². The highest BCUT2D eigenvalue weighted by atomic mass is 16.2. The van der Waals surface area contributed by atoms with Crippen molar-refractivity contribution < 1.29 is 14.4 Å². The molecule has 152 valence electrons. The Morgan fingerprint density at radius 2 is 1.45 bits per heavy atom. The number of urea groups is 1. The largest absolute Gasteiger partial charge is 0.339 e. The zero-order valence-electron chi connectivity index (χ0n) is 16.7. The van der Waals surface area contributed by atoms with Gasteiger partial charge in [-0.05, 0) is 63.1 Å². The molecule has 3 rings (SSSR count). The third kappa shape index (κ3) is 5.57. The highest BCUT2D eigenvalue weighted by Crippen LogP contribution is 2.18. The molecule has 0 bridgehead atoms. The number of hydrogen-bond acceptors (Lipinski definition) is 3. The van der Waals surface area contributed by atoms with Crippen LogP contribution in [0.2, 0.25) is 0 Å². The number of rotatable bonds is 5. The first-order valence-electron chi connectivity index (χ1n) is 9.80. The van der Waals surface area contributed by atoms with Gasteiger partial charge in [0, 0.05) is 41.6 Å². The number of likely N-dealkylation sites (tertiary alicyclic amines) is 1. The summed E-state index contributed by atoms with van der Waals surface area (Å²) in [6, 6.07) is 13.3. The molecule has 3 N–H and O–H groups in total. The maximum atomic E-state index is 12.6. The lowest BCUT2D eigenvalue weighted by Crippen LogP contribution is -2.34. The van der Waals surface area contributed by atoms with E-state index in [-0.39, 0.29) is 23.9 Å². The molecular formula is C22H26N4O3. The Labute approximate surface area is 170 Å². The molecular weight excluding hydrogens is 368 g/mol. The maximum absolute atomic E-state index is 12.6. The summed E-state index contributed by atoms with van der Waals surface area (Å²) in [7, 11) is 0. The average molecular weight is 394 g/mol. The van der Waals surface area contributed by atoms with Crippen LogP contribution < -0.4 is 16.0 Å². The summed E-state index contributed by atoms with van der Waals surface area (Å²) in [6.07, 6.45) is 2.06. The SMILES string of the molecule is CC(C)NC(=O)Nc1cccc(C(=O)Nc2cccc(C(=O)N3CCCC3)c2)c1. The molecule has 4 amide bonds. The normalized spacial score (nSPS) is 13.3. The Morgan fingerprint density at radius 3 is 2.10 bits per heavy atom. The molecule has 2 aromatic carbocycles. The van der Waals surface area contributed by atoms with E-state index < -0.39 is 0 Å². The fourth-order valence-electron chi connectivity index (χ4n) is 3.20. The summed E-state index contributed by atoms with van der Waals surface area (Å²) in [5.41, 5.74) is 2.04. The minimum atomic E-state index is -0.328. The number of nitrogens with one attached hydrogen (secondary N) is 3. The summed E-state index contributed by atoms with van der Waals surface area (Å²) in [6.45, 7) is 5.29. The third-order valence-electron chi connectivity index (χ3n) is 4.56. The third-order valence-corrected chi connectivity index (χ3v) is 4.56. The van der Waals surface area contributed by atoms with Gasteiger partial charge in [0.1, 0.15) is 0 Å². The van der Waals surface area contributed by atoms with E-state index in [1.54, 1.807) is 48.5 Å². The van der Waals surface area contributed by atoms with Crippen LogP contribution in [0.3, 0.4) is 0 Å². The lowest BCUT2D eigenvalue weighted by Gasteiger charge is -2.16. The number of hydrogen-bond donors (Lipinski definition) is 3. The minimum absolute atomic E-state index is 0.0111. The van der Waals surface area contributed by atoms with Gasteiger partial charge in [-0.1, -0.05) is 12.1 Å². The number of nitrogens with zero attached hydrogens (tertiary/aromatic N) is 1. The zero-order valence-corrected chi connectivity index (χ0v) is 16.7. The lowest BCUT2D eigenvalue weighted by molar-refractivity contribution is 0.0792. The summed E-state index contributed by atoms with van der Waals surface area (Å²) < 4.78 is 0. The highest BCUT2D eigenvalue weighted by molar-refractivity contribution is 6.06. The topological polar surface area (TPSA) is 90.5 Å². The van der Waals surface area contributed by atoms with Gasteiger partial charge in [0.15, 0.2) is 0 Å². The van der Waals surface area contributed by atoms with E-state index in [9.17, 15) is 14.4 Å². The van der Waals surface area contributed by atoms with Crippen molar-refractivity contribution in [3.63, 3.8) is 0 Å². The molecule has 0 unspecified atom stereocenters. The van der Waals surface area contributed by atoms with Crippen molar-refractivity contribution in [2.24, 2.45) is 0 Å². The van der Waals surface area contributed by atoms with Crippen molar-refractivity contribution >= 4 is 29.2 Å². The van der Waals surface area contributed by atoms with Gasteiger partial charge in [-0.15, -0.1) is 0 Å². The van der Waals surface area contributed by atoms with Crippen LogP contribution in [0.1, 0.15) is 47.4 Å². The van der Waals surface area contributed by atoms with Gasteiger partial charge in [-0.25, -0.2) is 4.79 Å². The van der Waals surface area contributed by atoms with E-state index in [1.165, 1.54) is 0 Å². The Balaban J connectivity index is 1.67. The second-order valence-corrected chi connectivity index (χ2v) is 7.37. The lowest BCUT2D eigenvalue weighted by atomic mass is 10.1. The number of anilines is 2. The molecule has 0 aromatic heterocycles.